The van der Waals surface area contributed by atoms with Gasteiger partial charge in [-0.1, -0.05) is 18.2 Å². The zero-order chi connectivity index (χ0) is 15.2. The van der Waals surface area contributed by atoms with Gasteiger partial charge in [0.05, 0.1) is 19.8 Å². The Morgan fingerprint density at radius 2 is 1.81 bits per heavy atom. The number of aliphatic hydroxyl groups is 1. The summed E-state index contributed by atoms with van der Waals surface area (Å²) in [5.74, 6) is 1.73. The smallest absolute Gasteiger partial charge is 0.122 e. The van der Waals surface area contributed by atoms with Crippen LogP contribution in [0.3, 0.4) is 0 Å². The molecule has 2 rings (SSSR count). The molecule has 1 atom stereocenters. The third-order valence-corrected chi connectivity index (χ3v) is 3.49. The Kier molecular flexibility index (Phi) is 5.23. The van der Waals surface area contributed by atoms with E-state index in [4.69, 9.17) is 9.47 Å². The summed E-state index contributed by atoms with van der Waals surface area (Å²) in [4.78, 5) is 0. The molecule has 0 amide bonds. The average Bonchev–Trinajstić information content (AvgIpc) is 2.49. The highest BCUT2D eigenvalue weighted by Gasteiger charge is 2.05. The molecule has 0 spiro atoms. The maximum atomic E-state index is 9.56. The number of methoxy groups -OCH3 is 1. The van der Waals surface area contributed by atoms with E-state index in [1.165, 1.54) is 5.56 Å². The molecule has 0 radical (unpaired) electrons. The third-order valence-electron chi connectivity index (χ3n) is 3.49. The Morgan fingerprint density at radius 3 is 2.38 bits per heavy atom. The lowest BCUT2D eigenvalue weighted by atomic mass is 10.1. The lowest BCUT2D eigenvalue weighted by molar-refractivity contribution is 0.199. The standard InChI is InChI=1S/C18H22O3/c1-13-12-16(14(2)19)6-9-18(13)21-11-10-15-4-7-17(20-3)8-5-15/h4-9,12,14,19H,10-11H2,1-3H3/t14-/m1/s1. The largest absolute Gasteiger partial charge is 0.497 e. The molecule has 0 heterocycles. The molecule has 1 N–H and O–H groups in total. The van der Waals surface area contributed by atoms with Gasteiger partial charge in [0.25, 0.3) is 0 Å². The Hall–Kier alpha value is -2.00. The molecule has 0 saturated heterocycles. The normalized spacial score (nSPS) is 12.0. The second kappa shape index (κ2) is 7.14. The number of hydrogen-bond donors (Lipinski definition) is 1. The topological polar surface area (TPSA) is 38.7 Å². The number of ether oxygens (including phenoxy) is 2. The quantitative estimate of drug-likeness (QED) is 0.880. The van der Waals surface area contributed by atoms with Gasteiger partial charge in [0.15, 0.2) is 0 Å². The lowest BCUT2D eigenvalue weighted by Crippen LogP contribution is -2.03. The van der Waals surface area contributed by atoms with Gasteiger partial charge < -0.3 is 14.6 Å². The highest BCUT2D eigenvalue weighted by Crippen LogP contribution is 2.23. The molecule has 0 aliphatic heterocycles. The fourth-order valence-electron chi connectivity index (χ4n) is 2.17. The molecule has 0 saturated carbocycles. The minimum atomic E-state index is -0.447. The van der Waals surface area contributed by atoms with Gasteiger partial charge in [-0.25, -0.2) is 0 Å². The highest BCUT2D eigenvalue weighted by atomic mass is 16.5. The number of rotatable bonds is 6. The molecule has 21 heavy (non-hydrogen) atoms. The van der Waals surface area contributed by atoms with Gasteiger partial charge in [-0.05, 0) is 54.8 Å². The molecule has 0 aromatic heterocycles. The summed E-state index contributed by atoms with van der Waals surface area (Å²) in [6.07, 6.45) is 0.402. The minimum absolute atomic E-state index is 0.447. The fourth-order valence-corrected chi connectivity index (χ4v) is 2.17. The van der Waals surface area contributed by atoms with E-state index in [-0.39, 0.29) is 0 Å². The molecule has 0 aliphatic carbocycles. The van der Waals surface area contributed by atoms with Crippen molar-refractivity contribution in [3.05, 3.63) is 59.2 Å². The second-order valence-corrected chi connectivity index (χ2v) is 5.15. The first-order valence-corrected chi connectivity index (χ1v) is 7.14. The molecule has 0 aliphatic rings. The van der Waals surface area contributed by atoms with Crippen molar-refractivity contribution in [2.45, 2.75) is 26.4 Å². The molecule has 112 valence electrons. The summed E-state index contributed by atoms with van der Waals surface area (Å²) in [5, 5.41) is 9.56. The third kappa shape index (κ3) is 4.23. The van der Waals surface area contributed by atoms with Crippen LogP contribution < -0.4 is 9.47 Å². The zero-order valence-corrected chi connectivity index (χ0v) is 12.8. The van der Waals surface area contributed by atoms with Crippen LogP contribution >= 0.6 is 0 Å². The van der Waals surface area contributed by atoms with E-state index in [1.807, 2.05) is 49.4 Å². The summed E-state index contributed by atoms with van der Waals surface area (Å²) in [7, 11) is 1.66. The van der Waals surface area contributed by atoms with Crippen LogP contribution in [0.1, 0.15) is 29.7 Å². The van der Waals surface area contributed by atoms with Crippen LogP contribution in [0, 0.1) is 6.92 Å². The van der Waals surface area contributed by atoms with E-state index in [2.05, 4.69) is 0 Å². The molecular weight excluding hydrogens is 264 g/mol. The van der Waals surface area contributed by atoms with E-state index < -0.39 is 6.10 Å². The summed E-state index contributed by atoms with van der Waals surface area (Å²) in [6, 6.07) is 13.8. The Morgan fingerprint density at radius 1 is 1.10 bits per heavy atom. The molecule has 3 heteroatoms. The van der Waals surface area contributed by atoms with Crippen LogP contribution in [-0.2, 0) is 6.42 Å². The first kappa shape index (κ1) is 15.4. The van der Waals surface area contributed by atoms with Gasteiger partial charge in [-0.2, -0.15) is 0 Å². The predicted molar refractivity (Wildman–Crippen MR) is 84.0 cm³/mol. The fraction of sp³-hybridized carbons (Fsp3) is 0.333. The van der Waals surface area contributed by atoms with Crippen molar-refractivity contribution in [2.24, 2.45) is 0 Å². The monoisotopic (exact) mass is 286 g/mol. The van der Waals surface area contributed by atoms with Gasteiger partial charge in [-0.15, -0.1) is 0 Å². The summed E-state index contributed by atoms with van der Waals surface area (Å²) in [6.45, 7) is 4.38. The minimum Gasteiger partial charge on any atom is -0.497 e. The molecular formula is C18H22O3. The van der Waals surface area contributed by atoms with Crippen LogP contribution in [0.4, 0.5) is 0 Å². The second-order valence-electron chi connectivity index (χ2n) is 5.15. The van der Waals surface area contributed by atoms with Crippen LogP contribution in [0.5, 0.6) is 11.5 Å². The lowest BCUT2D eigenvalue weighted by Gasteiger charge is -2.12. The Bertz CT molecular complexity index is 574. The maximum absolute atomic E-state index is 9.56. The van der Waals surface area contributed by atoms with Gasteiger partial charge in [0.2, 0.25) is 0 Å². The van der Waals surface area contributed by atoms with E-state index in [1.54, 1.807) is 14.0 Å². The van der Waals surface area contributed by atoms with Crippen LogP contribution in [0.15, 0.2) is 42.5 Å². The highest BCUT2D eigenvalue weighted by molar-refractivity contribution is 5.37. The molecule has 3 nitrogen and oxygen atoms in total. The van der Waals surface area contributed by atoms with Crippen molar-refractivity contribution in [3.8, 4) is 11.5 Å². The van der Waals surface area contributed by atoms with Crippen LogP contribution in [0.2, 0.25) is 0 Å². The van der Waals surface area contributed by atoms with Crippen molar-refractivity contribution in [1.29, 1.82) is 0 Å². The number of hydrogen-bond acceptors (Lipinski definition) is 3. The number of aryl methyl sites for hydroxylation is 1. The summed E-state index contributed by atoms with van der Waals surface area (Å²) < 4.78 is 11.0. The van der Waals surface area contributed by atoms with E-state index >= 15 is 0 Å². The van der Waals surface area contributed by atoms with Gasteiger partial charge in [0.1, 0.15) is 11.5 Å². The average molecular weight is 286 g/mol. The molecule has 2 aromatic carbocycles. The van der Waals surface area contributed by atoms with E-state index in [0.29, 0.717) is 6.61 Å². The SMILES string of the molecule is COc1ccc(CCOc2ccc([C@@H](C)O)cc2C)cc1. The van der Waals surface area contributed by atoms with E-state index in [9.17, 15) is 5.11 Å². The van der Waals surface area contributed by atoms with E-state index in [0.717, 1.165) is 29.0 Å². The predicted octanol–water partition coefficient (Wildman–Crippen LogP) is 3.68. The van der Waals surface area contributed by atoms with Crippen LogP contribution in [0.25, 0.3) is 0 Å². The molecule has 2 aromatic rings. The molecule has 0 unspecified atom stereocenters. The first-order valence-electron chi connectivity index (χ1n) is 7.14. The van der Waals surface area contributed by atoms with Crippen molar-refractivity contribution in [1.82, 2.24) is 0 Å². The van der Waals surface area contributed by atoms with Crippen molar-refractivity contribution >= 4 is 0 Å². The summed E-state index contributed by atoms with van der Waals surface area (Å²) >= 11 is 0. The number of benzene rings is 2. The van der Waals surface area contributed by atoms with Crippen molar-refractivity contribution < 1.29 is 14.6 Å². The van der Waals surface area contributed by atoms with Gasteiger partial charge >= 0.3 is 0 Å². The first-order chi connectivity index (χ1) is 10.1. The maximum Gasteiger partial charge on any atom is 0.122 e. The van der Waals surface area contributed by atoms with Crippen molar-refractivity contribution in [3.63, 3.8) is 0 Å². The summed E-state index contributed by atoms with van der Waals surface area (Å²) in [5.41, 5.74) is 3.17. The van der Waals surface area contributed by atoms with Gasteiger partial charge in [0, 0.05) is 6.42 Å². The zero-order valence-electron chi connectivity index (χ0n) is 12.8. The molecule has 0 fully saturated rings. The Balaban J connectivity index is 1.90. The molecule has 0 bridgehead atoms. The van der Waals surface area contributed by atoms with Gasteiger partial charge in [-0.3, -0.25) is 0 Å². The van der Waals surface area contributed by atoms with Crippen molar-refractivity contribution in [2.75, 3.05) is 13.7 Å². The number of aliphatic hydroxyl groups excluding tert-OH is 1. The van der Waals surface area contributed by atoms with Crippen LogP contribution in [-0.4, -0.2) is 18.8 Å². The Labute approximate surface area is 126 Å².